The summed E-state index contributed by atoms with van der Waals surface area (Å²) in [6.07, 6.45) is 9.41. The molecule has 0 radical (unpaired) electrons. The van der Waals surface area contributed by atoms with E-state index in [0.29, 0.717) is 0 Å². The highest BCUT2D eigenvalue weighted by molar-refractivity contribution is 7.80. The van der Waals surface area contributed by atoms with Crippen LogP contribution in [0.5, 0.6) is 0 Å². The van der Waals surface area contributed by atoms with Gasteiger partial charge < -0.3 is 5.11 Å². The summed E-state index contributed by atoms with van der Waals surface area (Å²) < 4.78 is 0. The van der Waals surface area contributed by atoms with E-state index in [1.54, 1.807) is 12.1 Å². The van der Waals surface area contributed by atoms with E-state index in [-0.39, 0.29) is 11.5 Å². The van der Waals surface area contributed by atoms with Crippen molar-refractivity contribution in [1.82, 2.24) is 0 Å². The van der Waals surface area contributed by atoms with Crippen LogP contribution in [0.25, 0.3) is 22.3 Å². The molecule has 0 fully saturated rings. The van der Waals surface area contributed by atoms with Gasteiger partial charge in [-0.3, -0.25) is 0 Å². The predicted octanol–water partition coefficient (Wildman–Crippen LogP) is 10.4. The van der Waals surface area contributed by atoms with Crippen LogP contribution in [-0.2, 0) is 5.41 Å². The Labute approximate surface area is 275 Å². The zero-order valence-corrected chi connectivity index (χ0v) is 26.9. The lowest BCUT2D eigenvalue weighted by atomic mass is 9.59. The lowest BCUT2D eigenvalue weighted by Crippen LogP contribution is -2.38. The van der Waals surface area contributed by atoms with E-state index in [0.717, 1.165) is 60.1 Å². The largest absolute Gasteiger partial charge is 0.478 e. The number of carbonyl (C=O) groups is 1. The van der Waals surface area contributed by atoms with Gasteiger partial charge in [0, 0.05) is 14.7 Å². The number of aryl methyl sites for hydroxylation is 1. The van der Waals surface area contributed by atoms with Gasteiger partial charge in [0.15, 0.2) is 0 Å². The lowest BCUT2D eigenvalue weighted by Gasteiger charge is -2.44. The molecule has 0 amide bonds. The van der Waals surface area contributed by atoms with Crippen molar-refractivity contribution in [3.8, 4) is 22.3 Å². The first-order valence-corrected chi connectivity index (χ1v) is 15.8. The number of carboxylic acids is 1. The number of benzene rings is 5. The van der Waals surface area contributed by atoms with Crippen LogP contribution in [0, 0.1) is 12.8 Å². The van der Waals surface area contributed by atoms with E-state index in [1.165, 1.54) is 5.56 Å². The Kier molecular flexibility index (Phi) is 8.64. The third-order valence-electron chi connectivity index (χ3n) is 8.55. The van der Waals surface area contributed by atoms with Crippen molar-refractivity contribution in [1.29, 1.82) is 0 Å². The minimum atomic E-state index is -0.955. The zero-order valence-electron chi connectivity index (χ0n) is 24.2. The van der Waals surface area contributed by atoms with Gasteiger partial charge in [0.05, 0.1) is 11.0 Å². The number of carboxylic acid groups (broad SMARTS) is 1. The van der Waals surface area contributed by atoms with Gasteiger partial charge in [-0.2, -0.15) is 0 Å². The molecule has 0 spiro atoms. The summed E-state index contributed by atoms with van der Waals surface area (Å²) in [5.74, 6) is -0.966. The van der Waals surface area contributed by atoms with Crippen molar-refractivity contribution >= 4 is 43.9 Å². The topological polar surface area (TPSA) is 37.3 Å². The molecule has 1 aliphatic rings. The molecule has 0 aliphatic heterocycles. The summed E-state index contributed by atoms with van der Waals surface area (Å²) in [6.45, 7) is 2.09. The second-order valence-electron chi connectivity index (χ2n) is 11.2. The molecule has 0 saturated heterocycles. The maximum absolute atomic E-state index is 11.9. The lowest BCUT2D eigenvalue weighted by molar-refractivity contribution is 0.0697. The summed E-state index contributed by atoms with van der Waals surface area (Å²) in [5.41, 5.74) is 8.06. The van der Waals surface area contributed by atoms with Crippen molar-refractivity contribution in [2.24, 2.45) is 5.92 Å². The first-order chi connectivity index (χ1) is 21.3. The molecule has 6 rings (SSSR count). The molecule has 2 atom stereocenters. The third-order valence-corrected chi connectivity index (χ3v) is 9.63. The van der Waals surface area contributed by atoms with E-state index in [9.17, 15) is 9.90 Å². The summed E-state index contributed by atoms with van der Waals surface area (Å²) >= 11 is 14.7. The summed E-state index contributed by atoms with van der Waals surface area (Å²) in [5, 5.41) is 9.76. The van der Waals surface area contributed by atoms with Gasteiger partial charge in [0.2, 0.25) is 0 Å². The van der Waals surface area contributed by atoms with Gasteiger partial charge >= 0.3 is 5.97 Å². The highest BCUT2D eigenvalue weighted by Crippen LogP contribution is 2.53. The second-order valence-corrected chi connectivity index (χ2v) is 12.7. The fraction of sp³-hybridized carbons (Fsp3) is 0.103. The number of hydrogen-bond donors (Lipinski definition) is 4. The van der Waals surface area contributed by atoms with Crippen LogP contribution in [0.4, 0.5) is 0 Å². The first-order valence-electron chi connectivity index (χ1n) is 14.5. The fourth-order valence-electron chi connectivity index (χ4n) is 6.31. The van der Waals surface area contributed by atoms with Crippen molar-refractivity contribution in [3.05, 3.63) is 161 Å². The number of hydrogen-bond acceptors (Lipinski definition) is 4. The van der Waals surface area contributed by atoms with Crippen LogP contribution in [0.1, 0.15) is 39.0 Å². The Bertz CT molecular complexity index is 1790. The van der Waals surface area contributed by atoms with Crippen LogP contribution in [0.3, 0.4) is 0 Å². The van der Waals surface area contributed by atoms with Gasteiger partial charge in [0.1, 0.15) is 0 Å². The second kappa shape index (κ2) is 12.6. The van der Waals surface area contributed by atoms with E-state index >= 15 is 0 Å². The minimum absolute atomic E-state index is 0.0108. The Morgan fingerprint density at radius 1 is 0.682 bits per heavy atom. The molecule has 5 heteroatoms. The summed E-state index contributed by atoms with van der Waals surface area (Å²) in [4.78, 5) is 14.5. The minimum Gasteiger partial charge on any atom is -0.478 e. The zero-order chi connectivity index (χ0) is 30.8. The molecule has 2 nitrogen and oxygen atoms in total. The van der Waals surface area contributed by atoms with Gasteiger partial charge in [0.25, 0.3) is 0 Å². The number of allylic oxidation sites excluding steroid dienone is 4. The molecule has 5 aromatic carbocycles. The standard InChI is InChI=1S/C39H32O2S3/c1-25-7-9-26(10-8-25)29-15-21-36(43)34(23-29)39(31-5-3-2-4-6-31,32-17-11-28(12-18-32)38(40)41)35-24-30(16-22-37(35)44)27-13-19-33(42)20-14-27/h2-5,7-24,31,42-44H,6H2,1H3,(H,40,41). The van der Waals surface area contributed by atoms with Crippen LogP contribution in [-0.4, -0.2) is 11.1 Å². The quantitative estimate of drug-likeness (QED) is 0.107. The monoisotopic (exact) mass is 628 g/mol. The Morgan fingerprint density at radius 3 is 1.70 bits per heavy atom. The molecule has 0 saturated carbocycles. The SMILES string of the molecule is Cc1ccc(-c2ccc(S)c(C(c3ccc(C(=O)O)cc3)(c3cc(-c4ccc(S)cc4)ccc3S)C3C=CC=CC3)c2)cc1. The van der Waals surface area contributed by atoms with E-state index in [1.807, 2.05) is 24.3 Å². The number of aromatic carboxylic acids is 1. The molecule has 218 valence electrons. The van der Waals surface area contributed by atoms with Crippen LogP contribution in [0.15, 0.2) is 148 Å². The van der Waals surface area contributed by atoms with E-state index in [4.69, 9.17) is 25.3 Å². The number of thiol groups is 3. The number of rotatable bonds is 7. The first kappa shape index (κ1) is 30.1. The summed E-state index contributed by atoms with van der Waals surface area (Å²) in [7, 11) is 0. The Balaban J connectivity index is 1.70. The maximum Gasteiger partial charge on any atom is 0.335 e. The highest BCUT2D eigenvalue weighted by Gasteiger charge is 2.45. The van der Waals surface area contributed by atoms with Gasteiger partial charge in [-0.15, -0.1) is 37.9 Å². The molecule has 0 heterocycles. The molecule has 1 aliphatic carbocycles. The fourth-order valence-corrected chi connectivity index (χ4v) is 7.09. The average molecular weight is 629 g/mol. The third kappa shape index (κ3) is 5.68. The average Bonchev–Trinajstić information content (AvgIpc) is 3.04. The van der Waals surface area contributed by atoms with Gasteiger partial charge in [-0.25, -0.2) is 4.79 Å². The maximum atomic E-state index is 11.9. The predicted molar refractivity (Wildman–Crippen MR) is 190 cm³/mol. The van der Waals surface area contributed by atoms with E-state index < -0.39 is 11.4 Å². The molecule has 2 unspecified atom stereocenters. The van der Waals surface area contributed by atoms with Crippen LogP contribution in [0.2, 0.25) is 0 Å². The molecule has 44 heavy (non-hydrogen) atoms. The smallest absolute Gasteiger partial charge is 0.335 e. The van der Waals surface area contributed by atoms with Crippen molar-refractivity contribution in [2.75, 3.05) is 0 Å². The van der Waals surface area contributed by atoms with Gasteiger partial charge in [-0.1, -0.05) is 90.5 Å². The molecule has 0 aromatic heterocycles. The molecular formula is C39H32O2S3. The van der Waals surface area contributed by atoms with Crippen LogP contribution < -0.4 is 0 Å². The van der Waals surface area contributed by atoms with Gasteiger partial charge in [-0.05, 0) is 107 Å². The van der Waals surface area contributed by atoms with E-state index in [2.05, 4.69) is 117 Å². The normalized spacial score (nSPS) is 15.6. The summed E-state index contributed by atoms with van der Waals surface area (Å²) in [6, 6.07) is 36.8. The van der Waals surface area contributed by atoms with Crippen molar-refractivity contribution in [3.63, 3.8) is 0 Å². The molecule has 0 bridgehead atoms. The molecule has 1 N–H and O–H groups in total. The van der Waals surface area contributed by atoms with Crippen molar-refractivity contribution < 1.29 is 9.90 Å². The van der Waals surface area contributed by atoms with Crippen molar-refractivity contribution in [2.45, 2.75) is 33.4 Å². The van der Waals surface area contributed by atoms with Crippen LogP contribution >= 0.6 is 37.9 Å². The highest BCUT2D eigenvalue weighted by atomic mass is 32.1. The molecular weight excluding hydrogens is 597 g/mol. The Morgan fingerprint density at radius 2 is 1.20 bits per heavy atom. The Hall–Kier alpha value is -3.90. The molecule has 5 aromatic rings.